The van der Waals surface area contributed by atoms with Crippen LogP contribution in [0.3, 0.4) is 0 Å². The van der Waals surface area contributed by atoms with Gasteiger partial charge >= 0.3 is 5.97 Å². The summed E-state index contributed by atoms with van der Waals surface area (Å²) in [5.74, 6) is -1.83. The van der Waals surface area contributed by atoms with Crippen molar-refractivity contribution in [3.05, 3.63) is 34.6 Å². The van der Waals surface area contributed by atoms with Crippen molar-refractivity contribution in [2.24, 2.45) is 5.92 Å². The first-order valence-electron chi connectivity index (χ1n) is 6.89. The first-order chi connectivity index (χ1) is 9.95. The highest BCUT2D eigenvalue weighted by Crippen LogP contribution is 2.18. The van der Waals surface area contributed by atoms with E-state index in [1.807, 2.05) is 6.92 Å². The van der Waals surface area contributed by atoms with E-state index in [9.17, 15) is 14.0 Å². The molecule has 1 atom stereocenters. The predicted octanol–water partition coefficient (Wildman–Crippen LogP) is 3.49. The number of rotatable bonds is 8. The van der Waals surface area contributed by atoms with Gasteiger partial charge in [0.1, 0.15) is 0 Å². The van der Waals surface area contributed by atoms with Gasteiger partial charge in [0.25, 0.3) is 5.91 Å². The Bertz CT molecular complexity index is 508. The second-order valence-corrected chi connectivity index (χ2v) is 5.26. The Hall–Kier alpha value is -1.62. The number of nitrogens with one attached hydrogen (secondary N) is 1. The van der Waals surface area contributed by atoms with Gasteiger partial charge in [-0.25, -0.2) is 4.39 Å². The third-order valence-electron chi connectivity index (χ3n) is 3.38. The number of carbonyl (C=O) groups is 2. The molecule has 0 aliphatic carbocycles. The van der Waals surface area contributed by atoms with Crippen LogP contribution in [0.1, 0.15) is 43.0 Å². The fraction of sp³-hybridized carbons (Fsp3) is 0.467. The smallest absolute Gasteiger partial charge is 0.303 e. The molecule has 1 unspecified atom stereocenters. The highest BCUT2D eigenvalue weighted by atomic mass is 35.5. The number of hydrogen-bond donors (Lipinski definition) is 2. The quantitative estimate of drug-likeness (QED) is 0.771. The fourth-order valence-corrected chi connectivity index (χ4v) is 2.22. The summed E-state index contributed by atoms with van der Waals surface area (Å²) >= 11 is 5.63. The van der Waals surface area contributed by atoms with Crippen LogP contribution in [-0.4, -0.2) is 23.5 Å². The molecule has 0 aliphatic heterocycles. The van der Waals surface area contributed by atoms with Crippen molar-refractivity contribution in [2.45, 2.75) is 32.6 Å². The van der Waals surface area contributed by atoms with E-state index in [-0.39, 0.29) is 22.9 Å². The number of aliphatic carboxylic acids is 1. The lowest BCUT2D eigenvalue weighted by Gasteiger charge is -2.14. The number of carbonyl (C=O) groups excluding carboxylic acids is 1. The Kier molecular flexibility index (Phi) is 7.15. The standard InChI is InChI=1S/C15H19ClFNO3/c1-2-10(6-7-13(19)20)8-9-18-15(21)11-4-3-5-12(16)14(11)17/h3-5,10H,2,6-9H2,1H3,(H,18,21)(H,19,20). The summed E-state index contributed by atoms with van der Waals surface area (Å²) in [4.78, 5) is 22.4. The Morgan fingerprint density at radius 2 is 2.10 bits per heavy atom. The Morgan fingerprint density at radius 1 is 1.38 bits per heavy atom. The zero-order chi connectivity index (χ0) is 15.8. The molecule has 0 heterocycles. The average molecular weight is 316 g/mol. The topological polar surface area (TPSA) is 66.4 Å². The van der Waals surface area contributed by atoms with Crippen LogP contribution in [0.15, 0.2) is 18.2 Å². The van der Waals surface area contributed by atoms with Crippen molar-refractivity contribution in [3.8, 4) is 0 Å². The molecule has 1 rings (SSSR count). The van der Waals surface area contributed by atoms with E-state index < -0.39 is 17.7 Å². The minimum atomic E-state index is -0.821. The molecule has 1 amide bonds. The van der Waals surface area contributed by atoms with Crippen molar-refractivity contribution in [1.29, 1.82) is 0 Å². The van der Waals surface area contributed by atoms with Crippen LogP contribution in [0.25, 0.3) is 0 Å². The van der Waals surface area contributed by atoms with Crippen molar-refractivity contribution >= 4 is 23.5 Å². The Labute approximate surface area is 128 Å². The van der Waals surface area contributed by atoms with Gasteiger partial charge in [-0.05, 0) is 30.9 Å². The van der Waals surface area contributed by atoms with Crippen LogP contribution < -0.4 is 5.32 Å². The normalized spacial score (nSPS) is 12.0. The molecule has 6 heteroatoms. The molecule has 0 fully saturated rings. The summed E-state index contributed by atoms with van der Waals surface area (Å²) in [6, 6.07) is 4.27. The van der Waals surface area contributed by atoms with Gasteiger partial charge < -0.3 is 10.4 Å². The van der Waals surface area contributed by atoms with Crippen molar-refractivity contribution in [3.63, 3.8) is 0 Å². The number of carboxylic acid groups (broad SMARTS) is 1. The monoisotopic (exact) mass is 315 g/mol. The van der Waals surface area contributed by atoms with E-state index in [0.717, 1.165) is 6.42 Å². The van der Waals surface area contributed by atoms with Gasteiger partial charge in [0.15, 0.2) is 5.82 Å². The molecular formula is C15H19ClFNO3. The zero-order valence-electron chi connectivity index (χ0n) is 11.9. The predicted molar refractivity (Wildman–Crippen MR) is 79.0 cm³/mol. The molecular weight excluding hydrogens is 297 g/mol. The highest BCUT2D eigenvalue weighted by Gasteiger charge is 2.14. The van der Waals surface area contributed by atoms with Gasteiger partial charge in [0.2, 0.25) is 0 Å². The third kappa shape index (κ3) is 5.71. The van der Waals surface area contributed by atoms with Crippen molar-refractivity contribution < 1.29 is 19.1 Å². The summed E-state index contributed by atoms with van der Waals surface area (Å²) in [5, 5.41) is 11.2. The molecule has 21 heavy (non-hydrogen) atoms. The molecule has 2 N–H and O–H groups in total. The molecule has 116 valence electrons. The van der Waals surface area contributed by atoms with E-state index in [2.05, 4.69) is 5.32 Å². The maximum Gasteiger partial charge on any atom is 0.303 e. The maximum absolute atomic E-state index is 13.7. The van der Waals surface area contributed by atoms with E-state index in [4.69, 9.17) is 16.7 Å². The summed E-state index contributed by atoms with van der Waals surface area (Å²) < 4.78 is 13.7. The second kappa shape index (κ2) is 8.62. The van der Waals surface area contributed by atoms with Crippen LogP contribution in [0.4, 0.5) is 4.39 Å². The number of halogens is 2. The van der Waals surface area contributed by atoms with Crippen molar-refractivity contribution in [1.82, 2.24) is 5.32 Å². The maximum atomic E-state index is 13.7. The summed E-state index contributed by atoms with van der Waals surface area (Å²) in [6.07, 6.45) is 2.20. The molecule has 0 aromatic heterocycles. The first kappa shape index (κ1) is 17.4. The second-order valence-electron chi connectivity index (χ2n) is 4.85. The number of hydrogen-bond acceptors (Lipinski definition) is 2. The summed E-state index contributed by atoms with van der Waals surface area (Å²) in [7, 11) is 0. The molecule has 1 aromatic carbocycles. The minimum Gasteiger partial charge on any atom is -0.481 e. The molecule has 0 saturated heterocycles. The van der Waals surface area contributed by atoms with Gasteiger partial charge in [-0.15, -0.1) is 0 Å². The number of carboxylic acids is 1. The lowest BCUT2D eigenvalue weighted by molar-refractivity contribution is -0.137. The largest absolute Gasteiger partial charge is 0.481 e. The average Bonchev–Trinajstić information content (AvgIpc) is 2.45. The van der Waals surface area contributed by atoms with Crippen LogP contribution in [-0.2, 0) is 4.79 Å². The SMILES string of the molecule is CCC(CCNC(=O)c1cccc(Cl)c1F)CCC(=O)O. The zero-order valence-corrected chi connectivity index (χ0v) is 12.6. The van der Waals surface area contributed by atoms with E-state index in [1.54, 1.807) is 0 Å². The van der Waals surface area contributed by atoms with E-state index in [0.29, 0.717) is 19.4 Å². The van der Waals surface area contributed by atoms with Gasteiger partial charge in [-0.3, -0.25) is 9.59 Å². The molecule has 0 radical (unpaired) electrons. The molecule has 0 spiro atoms. The number of amides is 1. The van der Waals surface area contributed by atoms with Crippen LogP contribution >= 0.6 is 11.6 Å². The van der Waals surface area contributed by atoms with Gasteiger partial charge in [0, 0.05) is 13.0 Å². The summed E-state index contributed by atoms with van der Waals surface area (Å²) in [6.45, 7) is 2.36. The molecule has 4 nitrogen and oxygen atoms in total. The van der Waals surface area contributed by atoms with Crippen LogP contribution in [0, 0.1) is 11.7 Å². The Balaban J connectivity index is 2.45. The van der Waals surface area contributed by atoms with Gasteiger partial charge in [-0.1, -0.05) is 31.0 Å². The van der Waals surface area contributed by atoms with Crippen LogP contribution in [0.5, 0.6) is 0 Å². The molecule has 0 saturated carbocycles. The lowest BCUT2D eigenvalue weighted by Crippen LogP contribution is -2.27. The minimum absolute atomic E-state index is 0.0823. The van der Waals surface area contributed by atoms with Gasteiger partial charge in [-0.2, -0.15) is 0 Å². The number of benzene rings is 1. The molecule has 0 aliphatic rings. The van der Waals surface area contributed by atoms with Crippen molar-refractivity contribution in [2.75, 3.05) is 6.54 Å². The fourth-order valence-electron chi connectivity index (χ4n) is 2.04. The van der Waals surface area contributed by atoms with E-state index >= 15 is 0 Å². The molecule has 0 bridgehead atoms. The Morgan fingerprint density at radius 3 is 2.71 bits per heavy atom. The van der Waals surface area contributed by atoms with Crippen LogP contribution in [0.2, 0.25) is 5.02 Å². The summed E-state index contributed by atoms with van der Waals surface area (Å²) in [5.41, 5.74) is -0.0823. The highest BCUT2D eigenvalue weighted by molar-refractivity contribution is 6.31. The van der Waals surface area contributed by atoms with E-state index in [1.165, 1.54) is 18.2 Å². The molecule has 1 aromatic rings. The first-order valence-corrected chi connectivity index (χ1v) is 7.27. The third-order valence-corrected chi connectivity index (χ3v) is 3.67. The van der Waals surface area contributed by atoms with Gasteiger partial charge in [0.05, 0.1) is 10.6 Å². The lowest BCUT2D eigenvalue weighted by atomic mass is 9.96.